The van der Waals surface area contributed by atoms with Gasteiger partial charge in [0, 0.05) is 18.0 Å². The highest BCUT2D eigenvalue weighted by molar-refractivity contribution is 5.89. The van der Waals surface area contributed by atoms with Gasteiger partial charge in [-0.2, -0.15) is 0 Å². The van der Waals surface area contributed by atoms with Crippen LogP contribution in [0.15, 0.2) is 97.6 Å². The highest BCUT2D eigenvalue weighted by Gasteiger charge is 2.44. The molecule has 1 fully saturated rings. The topological polar surface area (TPSA) is 62.6 Å². The molecule has 1 aliphatic heterocycles. The summed E-state index contributed by atoms with van der Waals surface area (Å²) in [5, 5.41) is 0. The number of esters is 1. The predicted octanol–water partition coefficient (Wildman–Crippen LogP) is 4.81. The van der Waals surface area contributed by atoms with Gasteiger partial charge in [0.25, 0.3) is 0 Å². The van der Waals surface area contributed by atoms with Crippen LogP contribution in [0.2, 0.25) is 0 Å². The maximum absolute atomic E-state index is 13.1. The molecule has 4 aromatic rings. The molecule has 172 valence electrons. The largest absolute Gasteiger partial charge is 0.459 e. The Bertz CT molecular complexity index is 1230. The average molecular weight is 458 g/mol. The van der Waals surface area contributed by atoms with Gasteiger partial charge in [0.15, 0.2) is 0 Å². The van der Waals surface area contributed by atoms with Crippen molar-refractivity contribution in [1.29, 1.82) is 0 Å². The van der Waals surface area contributed by atoms with Crippen LogP contribution >= 0.6 is 0 Å². The maximum Gasteiger partial charge on any atom is 0.338 e. The first-order valence-electron chi connectivity index (χ1n) is 11.0. The van der Waals surface area contributed by atoms with E-state index < -0.39 is 23.7 Å². The molecule has 1 aromatic heterocycles. The van der Waals surface area contributed by atoms with Crippen molar-refractivity contribution in [3.8, 4) is 11.1 Å². The van der Waals surface area contributed by atoms with E-state index in [0.29, 0.717) is 6.54 Å². The van der Waals surface area contributed by atoms with Crippen LogP contribution in [0.25, 0.3) is 11.1 Å². The summed E-state index contributed by atoms with van der Waals surface area (Å²) in [4.78, 5) is 16.4. The zero-order valence-corrected chi connectivity index (χ0v) is 18.3. The monoisotopic (exact) mass is 458 g/mol. The lowest BCUT2D eigenvalue weighted by atomic mass is 10.00. The zero-order chi connectivity index (χ0) is 23.4. The van der Waals surface area contributed by atoms with Crippen molar-refractivity contribution in [2.45, 2.75) is 18.4 Å². The van der Waals surface area contributed by atoms with Gasteiger partial charge >= 0.3 is 5.97 Å². The fraction of sp³-hybridized carbons (Fsp3) is 0.185. The minimum atomic E-state index is -1.05. The van der Waals surface area contributed by atoms with Gasteiger partial charge in [0.2, 0.25) is 5.79 Å². The lowest BCUT2D eigenvalue weighted by Gasteiger charge is -2.29. The number of rotatable bonds is 7. The standard InChI is InChI=1S/C27H23FN2O4/c28-24-12-8-22(9-13-24)26(31)32-16-25-17-33-27(34-25,18-30-15-14-29-19-30)23-10-6-21(7-11-23)20-4-2-1-3-5-20/h1-15,19,25H,16-18H2/t25-,27-/m0/s1. The van der Waals surface area contributed by atoms with Crippen LogP contribution in [0.5, 0.6) is 0 Å². The minimum absolute atomic E-state index is 0.0178. The van der Waals surface area contributed by atoms with Crippen LogP contribution in [-0.4, -0.2) is 34.8 Å². The Morgan fingerprint density at radius 3 is 2.47 bits per heavy atom. The smallest absolute Gasteiger partial charge is 0.338 e. The van der Waals surface area contributed by atoms with Crippen molar-refractivity contribution >= 4 is 5.97 Å². The Morgan fingerprint density at radius 1 is 1.03 bits per heavy atom. The first-order valence-corrected chi connectivity index (χ1v) is 11.0. The molecule has 1 saturated heterocycles. The summed E-state index contributed by atoms with van der Waals surface area (Å²) in [6, 6.07) is 23.4. The number of benzene rings is 3. The minimum Gasteiger partial charge on any atom is -0.459 e. The first kappa shape index (κ1) is 22.0. The predicted molar refractivity (Wildman–Crippen MR) is 123 cm³/mol. The van der Waals surface area contributed by atoms with Gasteiger partial charge < -0.3 is 18.8 Å². The number of ether oxygens (including phenoxy) is 3. The third kappa shape index (κ3) is 4.76. The van der Waals surface area contributed by atoms with Crippen molar-refractivity contribution in [3.05, 3.63) is 115 Å². The third-order valence-corrected chi connectivity index (χ3v) is 5.72. The van der Waals surface area contributed by atoms with Gasteiger partial charge in [-0.1, -0.05) is 54.6 Å². The molecule has 6 nitrogen and oxygen atoms in total. The quantitative estimate of drug-likeness (QED) is 0.372. The molecule has 0 spiro atoms. The van der Waals surface area contributed by atoms with Crippen molar-refractivity contribution in [2.24, 2.45) is 0 Å². The molecule has 34 heavy (non-hydrogen) atoms. The van der Waals surface area contributed by atoms with Crippen LogP contribution < -0.4 is 0 Å². The van der Waals surface area contributed by atoms with E-state index >= 15 is 0 Å². The normalized spacial score (nSPS) is 19.7. The van der Waals surface area contributed by atoms with E-state index in [9.17, 15) is 9.18 Å². The molecular formula is C27H23FN2O4. The summed E-state index contributed by atoms with van der Waals surface area (Å²) in [5.41, 5.74) is 3.34. The molecule has 0 unspecified atom stereocenters. The van der Waals surface area contributed by atoms with E-state index in [1.54, 1.807) is 12.5 Å². The molecular weight excluding hydrogens is 435 g/mol. The van der Waals surface area contributed by atoms with Gasteiger partial charge in [-0.15, -0.1) is 0 Å². The second-order valence-corrected chi connectivity index (χ2v) is 8.09. The number of imidazole rings is 1. The molecule has 0 aliphatic carbocycles. The molecule has 0 saturated carbocycles. The van der Waals surface area contributed by atoms with Crippen molar-refractivity contribution in [1.82, 2.24) is 9.55 Å². The fourth-order valence-corrected chi connectivity index (χ4v) is 3.98. The third-order valence-electron chi connectivity index (χ3n) is 5.72. The molecule has 3 aromatic carbocycles. The van der Waals surface area contributed by atoms with Gasteiger partial charge in [0.1, 0.15) is 18.5 Å². The molecule has 0 N–H and O–H groups in total. The van der Waals surface area contributed by atoms with Crippen LogP contribution in [0.4, 0.5) is 4.39 Å². The lowest BCUT2D eigenvalue weighted by molar-refractivity contribution is -0.190. The van der Waals surface area contributed by atoms with E-state index in [4.69, 9.17) is 14.2 Å². The lowest BCUT2D eigenvalue weighted by Crippen LogP contribution is -2.34. The Balaban J connectivity index is 1.32. The SMILES string of the molecule is O=C(OC[C@H]1CO[C@](Cn2ccnc2)(c2ccc(-c3ccccc3)cc2)O1)c1ccc(F)cc1. The summed E-state index contributed by atoms with van der Waals surface area (Å²) in [6.45, 7) is 0.663. The van der Waals surface area contributed by atoms with Crippen LogP contribution in [0, 0.1) is 5.82 Å². The molecule has 7 heteroatoms. The number of carbonyl (C=O) groups excluding carboxylic acids is 1. The summed E-state index contributed by atoms with van der Waals surface area (Å²) in [7, 11) is 0. The van der Waals surface area contributed by atoms with Crippen LogP contribution in [0.1, 0.15) is 15.9 Å². The van der Waals surface area contributed by atoms with Crippen LogP contribution in [0.3, 0.4) is 0 Å². The summed E-state index contributed by atoms with van der Waals surface area (Å²) < 4.78 is 33.0. The van der Waals surface area contributed by atoms with Crippen molar-refractivity contribution in [3.63, 3.8) is 0 Å². The number of aromatic nitrogens is 2. The van der Waals surface area contributed by atoms with Gasteiger partial charge in [-0.3, -0.25) is 0 Å². The number of nitrogens with zero attached hydrogens (tertiary/aromatic N) is 2. The summed E-state index contributed by atoms with van der Waals surface area (Å²) in [6.07, 6.45) is 4.79. The average Bonchev–Trinajstić information content (AvgIpc) is 3.54. The molecule has 2 heterocycles. The van der Waals surface area contributed by atoms with Gasteiger partial charge in [-0.05, 0) is 35.4 Å². The Morgan fingerprint density at radius 2 is 1.76 bits per heavy atom. The van der Waals surface area contributed by atoms with Crippen molar-refractivity contribution in [2.75, 3.05) is 13.2 Å². The molecule has 5 rings (SSSR count). The second kappa shape index (κ2) is 9.59. The summed E-state index contributed by atoms with van der Waals surface area (Å²) in [5.74, 6) is -2.00. The molecule has 0 bridgehead atoms. The number of hydrogen-bond donors (Lipinski definition) is 0. The highest BCUT2D eigenvalue weighted by Crippen LogP contribution is 2.37. The summed E-state index contributed by atoms with van der Waals surface area (Å²) >= 11 is 0. The van der Waals surface area contributed by atoms with E-state index in [2.05, 4.69) is 17.1 Å². The maximum atomic E-state index is 13.1. The van der Waals surface area contributed by atoms with Crippen LogP contribution in [-0.2, 0) is 26.5 Å². The van der Waals surface area contributed by atoms with E-state index in [-0.39, 0.29) is 18.8 Å². The second-order valence-electron chi connectivity index (χ2n) is 8.09. The fourth-order valence-electron chi connectivity index (χ4n) is 3.98. The zero-order valence-electron chi connectivity index (χ0n) is 18.3. The van der Waals surface area contributed by atoms with Crippen molar-refractivity contribution < 1.29 is 23.4 Å². The van der Waals surface area contributed by atoms with Gasteiger partial charge in [-0.25, -0.2) is 14.2 Å². The van der Waals surface area contributed by atoms with E-state index in [1.807, 2.05) is 53.2 Å². The molecule has 2 atom stereocenters. The highest BCUT2D eigenvalue weighted by atomic mass is 19.1. The number of halogens is 1. The number of carbonyl (C=O) groups is 1. The Hall–Kier alpha value is -3.81. The van der Waals surface area contributed by atoms with E-state index in [0.717, 1.165) is 16.7 Å². The first-order chi connectivity index (χ1) is 16.6. The Labute approximate surface area is 196 Å². The molecule has 1 aliphatic rings. The molecule has 0 radical (unpaired) electrons. The van der Waals surface area contributed by atoms with E-state index in [1.165, 1.54) is 24.3 Å². The van der Waals surface area contributed by atoms with Gasteiger partial charge in [0.05, 0.1) is 25.0 Å². The Kier molecular flexibility index (Phi) is 6.20. The number of hydrogen-bond acceptors (Lipinski definition) is 5. The molecule has 0 amide bonds.